The van der Waals surface area contributed by atoms with Gasteiger partial charge in [-0.1, -0.05) is 20.3 Å². The second-order valence-electron chi connectivity index (χ2n) is 8.62. The molecule has 1 aromatic heterocycles. The second kappa shape index (κ2) is 8.75. The van der Waals surface area contributed by atoms with Crippen LogP contribution in [0.4, 0.5) is 0 Å². The highest BCUT2D eigenvalue weighted by molar-refractivity contribution is 7.99. The lowest BCUT2D eigenvalue weighted by Crippen LogP contribution is -2.62. The second-order valence-corrected chi connectivity index (χ2v) is 9.91. The quantitative estimate of drug-likeness (QED) is 0.697. The fraction of sp³-hybridized carbons (Fsp3) is 0.714. The van der Waals surface area contributed by atoms with Crippen LogP contribution in [0.5, 0.6) is 0 Å². The van der Waals surface area contributed by atoms with Gasteiger partial charge in [0, 0.05) is 35.4 Å². The summed E-state index contributed by atoms with van der Waals surface area (Å²) in [4.78, 5) is 19.9. The van der Waals surface area contributed by atoms with E-state index in [2.05, 4.69) is 56.7 Å². The number of aromatic nitrogens is 1. The molecular formula is C21H35N3OS. The zero-order valence-electron chi connectivity index (χ0n) is 17.3. The van der Waals surface area contributed by atoms with Gasteiger partial charge in [0.05, 0.1) is 5.03 Å². The predicted octanol–water partition coefficient (Wildman–Crippen LogP) is 4.75. The predicted molar refractivity (Wildman–Crippen MR) is 111 cm³/mol. The number of hydrogen-bond acceptors (Lipinski definition) is 4. The van der Waals surface area contributed by atoms with Gasteiger partial charge in [-0.05, 0) is 64.8 Å². The smallest absolute Gasteiger partial charge is 0.254 e. The monoisotopic (exact) mass is 377 g/mol. The summed E-state index contributed by atoms with van der Waals surface area (Å²) < 4.78 is 0. The summed E-state index contributed by atoms with van der Waals surface area (Å²) in [6, 6.07) is 4.07. The largest absolute Gasteiger partial charge is 0.336 e. The molecule has 1 aliphatic heterocycles. The molecule has 1 aliphatic rings. The Balaban J connectivity index is 2.28. The van der Waals surface area contributed by atoms with Crippen LogP contribution in [0, 0.1) is 0 Å². The molecule has 0 unspecified atom stereocenters. The zero-order valence-corrected chi connectivity index (χ0v) is 18.1. The summed E-state index contributed by atoms with van der Waals surface area (Å²) in [7, 11) is 0. The van der Waals surface area contributed by atoms with Crippen LogP contribution >= 0.6 is 11.8 Å². The number of unbranched alkanes of at least 4 members (excludes halogenated alkanes) is 1. The number of pyridine rings is 1. The number of carbonyl (C=O) groups excluding carboxylic acids is 1. The number of piperidine rings is 1. The Hall–Kier alpha value is -1.07. The summed E-state index contributed by atoms with van der Waals surface area (Å²) >= 11 is 1.68. The molecule has 0 atom stereocenters. The molecule has 1 amide bonds. The third kappa shape index (κ3) is 5.71. The van der Waals surface area contributed by atoms with Crippen molar-refractivity contribution in [2.45, 2.75) is 89.4 Å². The highest BCUT2D eigenvalue weighted by Gasteiger charge is 2.41. The molecule has 2 rings (SSSR count). The van der Waals surface area contributed by atoms with Gasteiger partial charge >= 0.3 is 0 Å². The first-order valence-corrected chi connectivity index (χ1v) is 10.8. The minimum atomic E-state index is 0.0264. The molecule has 4 nitrogen and oxygen atoms in total. The van der Waals surface area contributed by atoms with Crippen molar-refractivity contribution in [2.75, 3.05) is 12.3 Å². The number of carbonyl (C=O) groups is 1. The Morgan fingerprint density at radius 1 is 1.27 bits per heavy atom. The first-order chi connectivity index (χ1) is 12.2. The summed E-state index contributed by atoms with van der Waals surface area (Å²) in [5.74, 6) is 1.11. The van der Waals surface area contributed by atoms with Crippen molar-refractivity contribution in [1.29, 1.82) is 0 Å². The molecule has 1 N–H and O–H groups in total. The number of amides is 1. The lowest BCUT2D eigenvalue weighted by Gasteiger charge is -2.49. The molecule has 0 aromatic carbocycles. The third-order valence-electron chi connectivity index (χ3n) is 4.90. The number of thioether (sulfide) groups is 1. The Labute approximate surface area is 163 Å². The lowest BCUT2D eigenvalue weighted by atomic mass is 9.78. The first kappa shape index (κ1) is 21.2. The van der Waals surface area contributed by atoms with Crippen molar-refractivity contribution < 1.29 is 4.79 Å². The van der Waals surface area contributed by atoms with E-state index >= 15 is 0 Å². The Kier molecular flexibility index (Phi) is 7.14. The van der Waals surface area contributed by atoms with E-state index in [1.54, 1.807) is 18.0 Å². The van der Waals surface area contributed by atoms with Gasteiger partial charge in [0.1, 0.15) is 0 Å². The fourth-order valence-electron chi connectivity index (χ4n) is 4.20. The summed E-state index contributed by atoms with van der Waals surface area (Å²) in [5.41, 5.74) is 0.818. The minimum absolute atomic E-state index is 0.0264. The van der Waals surface area contributed by atoms with E-state index in [0.717, 1.165) is 48.6 Å². The molecule has 0 spiro atoms. The number of hydrogen-bond donors (Lipinski definition) is 1. The number of nitrogens with zero attached hydrogens (tertiary/aromatic N) is 2. The van der Waals surface area contributed by atoms with Gasteiger partial charge in [0.2, 0.25) is 0 Å². The molecule has 1 saturated heterocycles. The van der Waals surface area contributed by atoms with Crippen LogP contribution in [0.2, 0.25) is 0 Å². The Morgan fingerprint density at radius 2 is 1.92 bits per heavy atom. The maximum Gasteiger partial charge on any atom is 0.254 e. The lowest BCUT2D eigenvalue weighted by molar-refractivity contribution is 0.0441. The number of rotatable bonds is 7. The van der Waals surface area contributed by atoms with Crippen LogP contribution in [0.15, 0.2) is 23.4 Å². The molecule has 26 heavy (non-hydrogen) atoms. The Bertz CT molecular complexity index is 599. The summed E-state index contributed by atoms with van der Waals surface area (Å²) in [6.45, 7) is 14.1. The molecule has 0 bridgehead atoms. The summed E-state index contributed by atoms with van der Waals surface area (Å²) in [5, 5.41) is 4.66. The maximum absolute atomic E-state index is 13.4. The molecule has 0 saturated carbocycles. The molecule has 146 valence electrons. The summed E-state index contributed by atoms with van der Waals surface area (Å²) in [6.07, 6.45) is 5.85. The minimum Gasteiger partial charge on any atom is -0.336 e. The molecule has 2 heterocycles. The fourth-order valence-corrected chi connectivity index (χ4v) is 4.84. The molecular weight excluding hydrogens is 342 g/mol. The van der Waals surface area contributed by atoms with E-state index in [1.165, 1.54) is 0 Å². The Morgan fingerprint density at radius 3 is 2.50 bits per heavy atom. The van der Waals surface area contributed by atoms with Crippen LogP contribution in [0.1, 0.15) is 77.6 Å². The normalized spacial score (nSPS) is 19.3. The van der Waals surface area contributed by atoms with Gasteiger partial charge in [-0.15, -0.1) is 11.8 Å². The maximum atomic E-state index is 13.4. The van der Waals surface area contributed by atoms with E-state index in [4.69, 9.17) is 0 Å². The van der Waals surface area contributed by atoms with E-state index < -0.39 is 0 Å². The first-order valence-electron chi connectivity index (χ1n) is 9.86. The van der Waals surface area contributed by atoms with Crippen LogP contribution < -0.4 is 5.32 Å². The van der Waals surface area contributed by atoms with E-state index in [0.29, 0.717) is 0 Å². The van der Waals surface area contributed by atoms with Crippen LogP contribution in [0.3, 0.4) is 0 Å². The SMILES string of the molecule is CCCCN(C(=O)c1ccnc(SCC)c1)C1CC(C)(C)NC(C)(C)C1. The van der Waals surface area contributed by atoms with Crippen molar-refractivity contribution in [3.8, 4) is 0 Å². The van der Waals surface area contributed by atoms with Gasteiger partial charge in [-0.2, -0.15) is 0 Å². The van der Waals surface area contributed by atoms with E-state index in [1.807, 2.05) is 12.1 Å². The van der Waals surface area contributed by atoms with Gasteiger partial charge in [0.25, 0.3) is 5.91 Å². The van der Waals surface area contributed by atoms with Crippen molar-refractivity contribution in [2.24, 2.45) is 0 Å². The molecule has 0 aliphatic carbocycles. The molecule has 0 radical (unpaired) electrons. The molecule has 1 aromatic rings. The highest BCUT2D eigenvalue weighted by Crippen LogP contribution is 2.32. The van der Waals surface area contributed by atoms with E-state index in [-0.39, 0.29) is 23.0 Å². The van der Waals surface area contributed by atoms with Gasteiger partial charge in [-0.3, -0.25) is 4.79 Å². The van der Waals surface area contributed by atoms with Crippen LogP contribution in [-0.4, -0.2) is 45.2 Å². The number of nitrogens with one attached hydrogen (secondary N) is 1. The van der Waals surface area contributed by atoms with Gasteiger partial charge < -0.3 is 10.2 Å². The van der Waals surface area contributed by atoms with Crippen molar-refractivity contribution in [1.82, 2.24) is 15.2 Å². The highest BCUT2D eigenvalue weighted by atomic mass is 32.2. The molecule has 5 heteroatoms. The van der Waals surface area contributed by atoms with Crippen LogP contribution in [-0.2, 0) is 0 Å². The van der Waals surface area contributed by atoms with Crippen molar-refractivity contribution in [3.63, 3.8) is 0 Å². The van der Waals surface area contributed by atoms with E-state index in [9.17, 15) is 4.79 Å². The molecule has 1 fully saturated rings. The average molecular weight is 378 g/mol. The topological polar surface area (TPSA) is 45.2 Å². The zero-order chi connectivity index (χ0) is 19.4. The van der Waals surface area contributed by atoms with Gasteiger partial charge in [0.15, 0.2) is 0 Å². The average Bonchev–Trinajstić information content (AvgIpc) is 2.52. The van der Waals surface area contributed by atoms with Crippen LogP contribution in [0.25, 0.3) is 0 Å². The van der Waals surface area contributed by atoms with Crippen molar-refractivity contribution in [3.05, 3.63) is 23.9 Å². The third-order valence-corrected chi connectivity index (χ3v) is 5.70. The van der Waals surface area contributed by atoms with Gasteiger partial charge in [-0.25, -0.2) is 4.98 Å². The standard InChI is InChI=1S/C21H35N3OS/c1-7-9-12-24(17-14-20(3,4)23-21(5,6)15-17)19(25)16-10-11-22-18(13-16)26-8-2/h10-11,13,17,23H,7-9,12,14-15H2,1-6H3. The van der Waals surface area contributed by atoms with Crippen molar-refractivity contribution >= 4 is 17.7 Å².